The SMILES string of the molecule is OC(CNC1CCN(c2ccccc2)CC1)c1ccco1. The third kappa shape index (κ3) is 3.65. The molecule has 0 spiro atoms. The molecule has 1 aromatic carbocycles. The van der Waals surface area contributed by atoms with Crippen molar-refractivity contribution < 1.29 is 9.52 Å². The van der Waals surface area contributed by atoms with Crippen molar-refractivity contribution in [2.75, 3.05) is 24.5 Å². The second-order valence-electron chi connectivity index (χ2n) is 5.54. The number of furan rings is 1. The van der Waals surface area contributed by atoms with Gasteiger partial charge in [-0.15, -0.1) is 0 Å². The zero-order valence-corrected chi connectivity index (χ0v) is 12.1. The highest BCUT2D eigenvalue weighted by Gasteiger charge is 2.20. The molecule has 0 amide bonds. The molecule has 1 aliphatic heterocycles. The second kappa shape index (κ2) is 6.78. The van der Waals surface area contributed by atoms with E-state index in [9.17, 15) is 5.11 Å². The van der Waals surface area contributed by atoms with Crippen molar-refractivity contribution in [3.05, 3.63) is 54.5 Å². The molecule has 21 heavy (non-hydrogen) atoms. The first-order valence-electron chi connectivity index (χ1n) is 7.58. The van der Waals surface area contributed by atoms with Crippen LogP contribution in [0.15, 0.2) is 53.1 Å². The van der Waals surface area contributed by atoms with Crippen LogP contribution in [0.1, 0.15) is 24.7 Å². The van der Waals surface area contributed by atoms with Crippen LogP contribution in [-0.4, -0.2) is 30.8 Å². The highest BCUT2D eigenvalue weighted by molar-refractivity contribution is 5.46. The van der Waals surface area contributed by atoms with Gasteiger partial charge in [0.2, 0.25) is 0 Å². The van der Waals surface area contributed by atoms with Gasteiger partial charge in [-0.25, -0.2) is 0 Å². The van der Waals surface area contributed by atoms with Gasteiger partial charge in [-0.3, -0.25) is 0 Å². The van der Waals surface area contributed by atoms with Crippen LogP contribution in [0.4, 0.5) is 5.69 Å². The molecular formula is C17H22N2O2. The minimum Gasteiger partial charge on any atom is -0.467 e. The van der Waals surface area contributed by atoms with Crippen molar-refractivity contribution >= 4 is 5.69 Å². The van der Waals surface area contributed by atoms with E-state index in [1.807, 2.05) is 12.1 Å². The normalized spacial score (nSPS) is 17.9. The number of aliphatic hydroxyl groups excluding tert-OH is 1. The van der Waals surface area contributed by atoms with E-state index in [0.29, 0.717) is 18.3 Å². The maximum atomic E-state index is 10.0. The van der Waals surface area contributed by atoms with Crippen LogP contribution < -0.4 is 10.2 Å². The van der Waals surface area contributed by atoms with Crippen molar-refractivity contribution in [3.63, 3.8) is 0 Å². The summed E-state index contributed by atoms with van der Waals surface area (Å²) < 4.78 is 5.21. The lowest BCUT2D eigenvalue weighted by Crippen LogP contribution is -2.43. The summed E-state index contributed by atoms with van der Waals surface area (Å²) in [5.74, 6) is 0.629. The van der Waals surface area contributed by atoms with Crippen LogP contribution >= 0.6 is 0 Å². The molecule has 1 unspecified atom stereocenters. The Morgan fingerprint density at radius 2 is 1.90 bits per heavy atom. The summed E-state index contributed by atoms with van der Waals surface area (Å²) in [5, 5.41) is 13.4. The Balaban J connectivity index is 1.44. The Kier molecular flexibility index (Phi) is 4.58. The van der Waals surface area contributed by atoms with E-state index in [2.05, 4.69) is 34.5 Å². The summed E-state index contributed by atoms with van der Waals surface area (Å²) in [5.41, 5.74) is 1.30. The first-order chi connectivity index (χ1) is 10.3. The summed E-state index contributed by atoms with van der Waals surface area (Å²) >= 11 is 0. The molecule has 4 heteroatoms. The van der Waals surface area contributed by atoms with Crippen molar-refractivity contribution in [2.24, 2.45) is 0 Å². The summed E-state index contributed by atoms with van der Waals surface area (Å²) in [4.78, 5) is 2.42. The summed E-state index contributed by atoms with van der Waals surface area (Å²) in [6.45, 7) is 2.65. The molecule has 2 heterocycles. The molecule has 0 radical (unpaired) electrons. The zero-order chi connectivity index (χ0) is 14.5. The fraction of sp³-hybridized carbons (Fsp3) is 0.412. The average molecular weight is 286 g/mol. The fourth-order valence-corrected chi connectivity index (χ4v) is 2.84. The number of nitrogens with one attached hydrogen (secondary N) is 1. The topological polar surface area (TPSA) is 48.6 Å². The van der Waals surface area contributed by atoms with Gasteiger partial charge in [0, 0.05) is 31.4 Å². The van der Waals surface area contributed by atoms with E-state index in [0.717, 1.165) is 25.9 Å². The van der Waals surface area contributed by atoms with E-state index < -0.39 is 6.10 Å². The summed E-state index contributed by atoms with van der Waals surface area (Å²) in [6, 6.07) is 14.6. The van der Waals surface area contributed by atoms with Gasteiger partial charge in [-0.05, 0) is 37.1 Å². The maximum Gasteiger partial charge on any atom is 0.133 e. The zero-order valence-electron chi connectivity index (χ0n) is 12.1. The van der Waals surface area contributed by atoms with Crippen LogP contribution in [0.3, 0.4) is 0 Å². The van der Waals surface area contributed by atoms with E-state index >= 15 is 0 Å². The van der Waals surface area contributed by atoms with Crippen LogP contribution in [0.5, 0.6) is 0 Å². The lowest BCUT2D eigenvalue weighted by atomic mass is 10.0. The predicted molar refractivity (Wildman–Crippen MR) is 83.3 cm³/mol. The molecule has 1 atom stereocenters. The largest absolute Gasteiger partial charge is 0.467 e. The van der Waals surface area contributed by atoms with Crippen molar-refractivity contribution in [3.8, 4) is 0 Å². The Morgan fingerprint density at radius 3 is 2.57 bits per heavy atom. The first kappa shape index (κ1) is 14.2. The van der Waals surface area contributed by atoms with Crippen LogP contribution in [0, 0.1) is 0 Å². The van der Waals surface area contributed by atoms with Crippen LogP contribution in [0.2, 0.25) is 0 Å². The first-order valence-corrected chi connectivity index (χ1v) is 7.58. The Bertz CT molecular complexity index is 519. The average Bonchev–Trinajstić information content (AvgIpc) is 3.08. The quantitative estimate of drug-likeness (QED) is 0.887. The molecule has 1 aliphatic rings. The number of nitrogens with zero attached hydrogens (tertiary/aromatic N) is 1. The van der Waals surface area contributed by atoms with Gasteiger partial charge >= 0.3 is 0 Å². The standard InChI is InChI=1S/C17H22N2O2/c20-16(17-7-4-12-21-17)13-18-14-8-10-19(11-9-14)15-5-2-1-3-6-15/h1-7,12,14,16,18,20H,8-11,13H2. The van der Waals surface area contributed by atoms with Gasteiger partial charge in [0.25, 0.3) is 0 Å². The fourth-order valence-electron chi connectivity index (χ4n) is 2.84. The molecule has 0 saturated carbocycles. The van der Waals surface area contributed by atoms with Crippen LogP contribution in [0.25, 0.3) is 0 Å². The highest BCUT2D eigenvalue weighted by Crippen LogP contribution is 2.20. The summed E-state index contributed by atoms with van der Waals surface area (Å²) in [7, 11) is 0. The van der Waals surface area contributed by atoms with Crippen molar-refractivity contribution in [1.29, 1.82) is 0 Å². The van der Waals surface area contributed by atoms with Gasteiger partial charge in [-0.2, -0.15) is 0 Å². The number of aliphatic hydroxyl groups is 1. The van der Waals surface area contributed by atoms with Gasteiger partial charge in [0.1, 0.15) is 11.9 Å². The van der Waals surface area contributed by atoms with E-state index in [1.165, 1.54) is 5.69 Å². The molecule has 2 N–H and O–H groups in total. The van der Waals surface area contributed by atoms with Gasteiger partial charge in [-0.1, -0.05) is 18.2 Å². The maximum absolute atomic E-state index is 10.0. The highest BCUT2D eigenvalue weighted by atomic mass is 16.4. The summed E-state index contributed by atoms with van der Waals surface area (Å²) in [6.07, 6.45) is 3.23. The smallest absolute Gasteiger partial charge is 0.133 e. The Labute approximate surface area is 125 Å². The molecule has 0 aliphatic carbocycles. The number of hydrogen-bond acceptors (Lipinski definition) is 4. The van der Waals surface area contributed by atoms with Gasteiger partial charge in [0.15, 0.2) is 0 Å². The number of benzene rings is 1. The number of hydrogen-bond donors (Lipinski definition) is 2. The number of anilines is 1. The number of para-hydroxylation sites is 1. The monoisotopic (exact) mass is 286 g/mol. The lowest BCUT2D eigenvalue weighted by Gasteiger charge is -2.34. The second-order valence-corrected chi connectivity index (χ2v) is 5.54. The lowest BCUT2D eigenvalue weighted by molar-refractivity contribution is 0.141. The molecule has 2 aromatic rings. The van der Waals surface area contributed by atoms with Crippen LogP contribution in [-0.2, 0) is 0 Å². The minimum absolute atomic E-state index is 0.467. The number of rotatable bonds is 5. The molecule has 1 aromatic heterocycles. The predicted octanol–water partition coefficient (Wildman–Crippen LogP) is 2.57. The molecule has 0 bridgehead atoms. The van der Waals surface area contributed by atoms with E-state index in [1.54, 1.807) is 12.3 Å². The van der Waals surface area contributed by atoms with E-state index in [4.69, 9.17) is 4.42 Å². The molecule has 3 rings (SSSR count). The minimum atomic E-state index is -0.563. The molecule has 1 fully saturated rings. The molecular weight excluding hydrogens is 264 g/mol. The number of piperidine rings is 1. The molecule has 4 nitrogen and oxygen atoms in total. The van der Waals surface area contributed by atoms with E-state index in [-0.39, 0.29) is 0 Å². The van der Waals surface area contributed by atoms with Gasteiger partial charge in [0.05, 0.1) is 6.26 Å². The third-order valence-corrected chi connectivity index (χ3v) is 4.09. The van der Waals surface area contributed by atoms with Gasteiger partial charge < -0.3 is 19.7 Å². The molecule has 1 saturated heterocycles. The van der Waals surface area contributed by atoms with Crippen molar-refractivity contribution in [1.82, 2.24) is 5.32 Å². The Hall–Kier alpha value is -1.78. The van der Waals surface area contributed by atoms with Crippen molar-refractivity contribution in [2.45, 2.75) is 25.0 Å². The molecule has 112 valence electrons. The third-order valence-electron chi connectivity index (χ3n) is 4.09. The Morgan fingerprint density at radius 1 is 1.14 bits per heavy atom.